The van der Waals surface area contributed by atoms with Crippen LogP contribution in [0.2, 0.25) is 0 Å². The first-order valence-corrected chi connectivity index (χ1v) is 7.40. The number of rotatable bonds is 4. The largest absolute Gasteiger partial charge is 0.398 e. The maximum absolute atomic E-state index is 12.1. The van der Waals surface area contributed by atoms with Crippen molar-refractivity contribution in [3.8, 4) is 0 Å². The van der Waals surface area contributed by atoms with Crippen molar-refractivity contribution in [3.63, 3.8) is 0 Å². The highest BCUT2D eigenvalue weighted by Crippen LogP contribution is 2.18. The van der Waals surface area contributed by atoms with Crippen molar-refractivity contribution in [2.75, 3.05) is 18.8 Å². The van der Waals surface area contributed by atoms with E-state index in [1.807, 2.05) is 6.92 Å². The number of likely N-dealkylation sites (tertiary alicyclic amines) is 1. The summed E-state index contributed by atoms with van der Waals surface area (Å²) in [6.07, 6.45) is 1.51. The standard InChI is InChI=1S/C14H18BrN3O2/c1-9(8-18-6-2-3-13(18)19)17-14(20)11-5-4-10(15)7-12(11)16/h4-5,7,9H,2-3,6,8,16H2,1H3,(H,17,20). The normalized spacial score (nSPS) is 16.3. The Kier molecular flexibility index (Phi) is 4.65. The molecule has 0 aliphatic carbocycles. The highest BCUT2D eigenvalue weighted by molar-refractivity contribution is 9.10. The summed E-state index contributed by atoms with van der Waals surface area (Å²) in [6, 6.07) is 5.05. The van der Waals surface area contributed by atoms with Crippen molar-refractivity contribution >= 4 is 33.4 Å². The molecule has 20 heavy (non-hydrogen) atoms. The Balaban J connectivity index is 1.95. The molecule has 1 saturated heterocycles. The van der Waals surface area contributed by atoms with E-state index in [1.165, 1.54) is 0 Å². The first kappa shape index (κ1) is 14.8. The van der Waals surface area contributed by atoms with Gasteiger partial charge in [-0.15, -0.1) is 0 Å². The maximum Gasteiger partial charge on any atom is 0.253 e. The van der Waals surface area contributed by atoms with Gasteiger partial charge in [-0.1, -0.05) is 15.9 Å². The number of halogens is 1. The van der Waals surface area contributed by atoms with Gasteiger partial charge in [-0.2, -0.15) is 0 Å². The molecule has 0 aromatic heterocycles. The number of hydrogen-bond acceptors (Lipinski definition) is 3. The smallest absolute Gasteiger partial charge is 0.253 e. The van der Waals surface area contributed by atoms with Crippen LogP contribution in [0.15, 0.2) is 22.7 Å². The summed E-state index contributed by atoms with van der Waals surface area (Å²) in [5.41, 5.74) is 6.71. The van der Waals surface area contributed by atoms with Crippen LogP contribution in [-0.4, -0.2) is 35.8 Å². The molecule has 1 heterocycles. The first-order valence-electron chi connectivity index (χ1n) is 6.61. The molecule has 2 rings (SSSR count). The van der Waals surface area contributed by atoms with Crippen molar-refractivity contribution in [3.05, 3.63) is 28.2 Å². The maximum atomic E-state index is 12.1. The second-order valence-electron chi connectivity index (χ2n) is 5.05. The monoisotopic (exact) mass is 339 g/mol. The molecule has 0 spiro atoms. The fraction of sp³-hybridized carbons (Fsp3) is 0.429. The van der Waals surface area contributed by atoms with Gasteiger partial charge in [-0.25, -0.2) is 0 Å². The molecule has 1 atom stereocenters. The number of nitrogens with two attached hydrogens (primary N) is 1. The minimum Gasteiger partial charge on any atom is -0.398 e. The van der Waals surface area contributed by atoms with Crippen LogP contribution in [0.25, 0.3) is 0 Å². The number of nitrogens with one attached hydrogen (secondary N) is 1. The zero-order chi connectivity index (χ0) is 14.7. The van der Waals surface area contributed by atoms with Crippen LogP contribution in [0.3, 0.4) is 0 Å². The van der Waals surface area contributed by atoms with Gasteiger partial charge in [0.05, 0.1) is 5.56 Å². The third-order valence-corrected chi connectivity index (χ3v) is 3.79. The van der Waals surface area contributed by atoms with Crippen molar-refractivity contribution < 1.29 is 9.59 Å². The van der Waals surface area contributed by atoms with Crippen molar-refractivity contribution in [2.24, 2.45) is 0 Å². The fourth-order valence-corrected chi connectivity index (χ4v) is 2.69. The van der Waals surface area contributed by atoms with Crippen molar-refractivity contribution in [1.82, 2.24) is 10.2 Å². The van der Waals surface area contributed by atoms with Crippen LogP contribution in [0.5, 0.6) is 0 Å². The number of carbonyl (C=O) groups excluding carboxylic acids is 2. The van der Waals surface area contributed by atoms with Gasteiger partial charge in [0.15, 0.2) is 0 Å². The van der Waals surface area contributed by atoms with Gasteiger partial charge in [0, 0.05) is 35.7 Å². The number of nitrogens with zero attached hydrogens (tertiary/aromatic N) is 1. The summed E-state index contributed by atoms with van der Waals surface area (Å²) in [5, 5.41) is 2.88. The number of hydrogen-bond donors (Lipinski definition) is 2. The lowest BCUT2D eigenvalue weighted by atomic mass is 10.1. The molecule has 1 aromatic rings. The van der Waals surface area contributed by atoms with E-state index in [9.17, 15) is 9.59 Å². The summed E-state index contributed by atoms with van der Waals surface area (Å²) in [5.74, 6) is -0.0524. The van der Waals surface area contributed by atoms with E-state index in [4.69, 9.17) is 5.73 Å². The summed E-state index contributed by atoms with van der Waals surface area (Å²) in [4.78, 5) is 25.5. The molecule has 3 N–H and O–H groups in total. The predicted molar refractivity (Wildman–Crippen MR) is 81.3 cm³/mol. The minimum atomic E-state index is -0.214. The Morgan fingerprint density at radius 1 is 1.55 bits per heavy atom. The van der Waals surface area contributed by atoms with Crippen LogP contribution < -0.4 is 11.1 Å². The molecule has 0 saturated carbocycles. The highest BCUT2D eigenvalue weighted by Gasteiger charge is 2.22. The lowest BCUT2D eigenvalue weighted by Gasteiger charge is -2.22. The number of nitrogen functional groups attached to an aromatic ring is 1. The molecule has 1 fully saturated rings. The number of amides is 2. The van der Waals surface area contributed by atoms with Gasteiger partial charge in [-0.3, -0.25) is 9.59 Å². The summed E-state index contributed by atoms with van der Waals surface area (Å²) in [7, 11) is 0. The van der Waals surface area contributed by atoms with Crippen LogP contribution in [0, 0.1) is 0 Å². The van der Waals surface area contributed by atoms with Crippen molar-refractivity contribution in [1.29, 1.82) is 0 Å². The SMILES string of the molecule is CC(CN1CCCC1=O)NC(=O)c1ccc(Br)cc1N. The van der Waals surface area contributed by atoms with E-state index in [-0.39, 0.29) is 17.9 Å². The molecule has 5 nitrogen and oxygen atoms in total. The molecule has 1 aliphatic heterocycles. The summed E-state index contributed by atoms with van der Waals surface area (Å²) < 4.78 is 0.835. The van der Waals surface area contributed by atoms with Gasteiger partial charge >= 0.3 is 0 Å². The Morgan fingerprint density at radius 3 is 2.90 bits per heavy atom. The molecule has 108 valence electrons. The third kappa shape index (κ3) is 3.50. The van der Waals surface area contributed by atoms with E-state index in [0.717, 1.165) is 17.4 Å². The minimum absolute atomic E-state index is 0.104. The number of benzene rings is 1. The molecular weight excluding hydrogens is 322 g/mol. The van der Waals surface area contributed by atoms with Gasteiger partial charge in [0.25, 0.3) is 5.91 Å². The molecule has 2 amide bonds. The summed E-state index contributed by atoms with van der Waals surface area (Å²) >= 11 is 3.31. The zero-order valence-electron chi connectivity index (χ0n) is 11.4. The number of carbonyl (C=O) groups is 2. The van der Waals surface area contributed by atoms with E-state index in [2.05, 4.69) is 21.2 Å². The van der Waals surface area contributed by atoms with E-state index in [1.54, 1.807) is 23.1 Å². The molecule has 1 unspecified atom stereocenters. The second kappa shape index (κ2) is 6.26. The van der Waals surface area contributed by atoms with Gasteiger partial charge in [0.2, 0.25) is 5.91 Å². The van der Waals surface area contributed by atoms with Crippen LogP contribution in [0.4, 0.5) is 5.69 Å². The topological polar surface area (TPSA) is 75.4 Å². The molecule has 0 radical (unpaired) electrons. The number of anilines is 1. The molecule has 6 heteroatoms. The lowest BCUT2D eigenvalue weighted by Crippen LogP contribution is -2.42. The van der Waals surface area contributed by atoms with Gasteiger partial charge in [-0.05, 0) is 31.5 Å². The van der Waals surface area contributed by atoms with E-state index < -0.39 is 0 Å². The lowest BCUT2D eigenvalue weighted by molar-refractivity contribution is -0.127. The van der Waals surface area contributed by atoms with Crippen molar-refractivity contribution in [2.45, 2.75) is 25.8 Å². The molecule has 1 aliphatic rings. The average Bonchev–Trinajstić information content (AvgIpc) is 2.74. The quantitative estimate of drug-likeness (QED) is 0.821. The first-order chi connectivity index (χ1) is 9.47. The average molecular weight is 340 g/mol. The van der Waals surface area contributed by atoms with E-state index >= 15 is 0 Å². The van der Waals surface area contributed by atoms with Crippen LogP contribution in [0.1, 0.15) is 30.1 Å². The Bertz CT molecular complexity index is 533. The Hall–Kier alpha value is -1.56. The van der Waals surface area contributed by atoms with Crippen LogP contribution >= 0.6 is 15.9 Å². The third-order valence-electron chi connectivity index (χ3n) is 3.30. The predicted octanol–water partition coefficient (Wildman–Crippen LogP) is 1.77. The molecular formula is C14H18BrN3O2. The Morgan fingerprint density at radius 2 is 2.30 bits per heavy atom. The van der Waals surface area contributed by atoms with E-state index in [0.29, 0.717) is 24.2 Å². The molecule has 1 aromatic carbocycles. The van der Waals surface area contributed by atoms with Gasteiger partial charge < -0.3 is 16.0 Å². The van der Waals surface area contributed by atoms with Crippen LogP contribution in [-0.2, 0) is 4.79 Å². The molecule has 0 bridgehead atoms. The fourth-order valence-electron chi connectivity index (χ4n) is 2.32. The zero-order valence-corrected chi connectivity index (χ0v) is 12.9. The highest BCUT2D eigenvalue weighted by atomic mass is 79.9. The van der Waals surface area contributed by atoms with Gasteiger partial charge in [0.1, 0.15) is 0 Å². The second-order valence-corrected chi connectivity index (χ2v) is 5.97. The Labute approximate surface area is 126 Å². The summed E-state index contributed by atoms with van der Waals surface area (Å²) in [6.45, 7) is 3.21.